The number of hydrogen-bond acceptors (Lipinski definition) is 10. The van der Waals surface area contributed by atoms with Crippen molar-refractivity contribution in [1.82, 2.24) is 25.8 Å². The van der Waals surface area contributed by atoms with Crippen molar-refractivity contribution >= 4 is 40.2 Å². The lowest BCUT2D eigenvalue weighted by atomic mass is 9.85. The molecule has 12 nitrogen and oxygen atoms in total. The van der Waals surface area contributed by atoms with Crippen LogP contribution >= 0.6 is 11.3 Å². The second kappa shape index (κ2) is 23.4. The SMILES string of the molecule is CCC(=C(c1ccc(O)cc1)c1ccc(OCCNC(=O)CCCCCCN[C@H](C(=O)N2C[C@H](O)C[C@H]2C(=O)NCc2ccc(-c3scnc3C)cc2)C(C)(C)C)cc1)c1ccc(O)cc1. The number of carbonyl (C=O) groups excluding carboxylic acids is 3. The maximum atomic E-state index is 14.0. The molecule has 66 heavy (non-hydrogen) atoms. The van der Waals surface area contributed by atoms with Crippen molar-refractivity contribution in [1.29, 1.82) is 0 Å². The van der Waals surface area contributed by atoms with Crippen molar-refractivity contribution < 1.29 is 34.4 Å². The number of unbranched alkanes of at least 4 members (excludes halogenated alkanes) is 3. The third-order valence-corrected chi connectivity index (χ3v) is 12.9. The highest BCUT2D eigenvalue weighted by molar-refractivity contribution is 7.13. The molecule has 0 unspecified atom stereocenters. The van der Waals surface area contributed by atoms with Gasteiger partial charge in [-0.05, 0) is 114 Å². The van der Waals surface area contributed by atoms with Crippen LogP contribution in [0.25, 0.3) is 21.6 Å². The van der Waals surface area contributed by atoms with E-state index < -0.39 is 23.6 Å². The number of nitrogens with zero attached hydrogens (tertiary/aromatic N) is 2. The van der Waals surface area contributed by atoms with Gasteiger partial charge in [0.05, 0.1) is 34.8 Å². The molecule has 5 aromatic rings. The number of aromatic hydroxyl groups is 2. The molecule has 13 heteroatoms. The molecule has 1 aliphatic rings. The fraction of sp³-hybridized carbons (Fsp3) is 0.396. The van der Waals surface area contributed by atoms with Gasteiger partial charge in [-0.25, -0.2) is 4.98 Å². The lowest BCUT2D eigenvalue weighted by molar-refractivity contribution is -0.142. The van der Waals surface area contributed by atoms with E-state index in [1.165, 1.54) is 4.90 Å². The molecule has 1 fully saturated rings. The van der Waals surface area contributed by atoms with Crippen molar-refractivity contribution in [3.63, 3.8) is 0 Å². The number of phenolic OH excluding ortho intramolecular Hbond substituents is 2. The van der Waals surface area contributed by atoms with Gasteiger partial charge in [0.15, 0.2) is 0 Å². The first kappa shape index (κ1) is 49.4. The van der Waals surface area contributed by atoms with Crippen LogP contribution in [0.2, 0.25) is 0 Å². The molecule has 0 radical (unpaired) electrons. The van der Waals surface area contributed by atoms with Crippen molar-refractivity contribution in [2.24, 2.45) is 5.41 Å². The van der Waals surface area contributed by atoms with Gasteiger partial charge in [0.2, 0.25) is 17.7 Å². The van der Waals surface area contributed by atoms with Crippen LogP contribution in [0.4, 0.5) is 0 Å². The van der Waals surface area contributed by atoms with E-state index in [1.54, 1.807) is 35.6 Å². The number of benzene rings is 4. The number of aryl methyl sites for hydroxylation is 1. The summed E-state index contributed by atoms with van der Waals surface area (Å²) in [6.45, 7) is 11.8. The molecule has 1 saturated heterocycles. The Bertz CT molecular complexity index is 2390. The molecular formula is C53H65N5O7S. The number of thiazole rings is 1. The number of carbonyl (C=O) groups is 3. The normalized spacial score (nSPS) is 15.8. The van der Waals surface area contributed by atoms with Crippen LogP contribution in [-0.4, -0.2) is 87.4 Å². The number of allylic oxidation sites excluding steroid dienone is 1. The average molecular weight is 916 g/mol. The average Bonchev–Trinajstić information content (AvgIpc) is 3.92. The highest BCUT2D eigenvalue weighted by Crippen LogP contribution is 2.36. The number of phenols is 2. The van der Waals surface area contributed by atoms with Gasteiger partial charge in [-0.15, -0.1) is 11.3 Å². The molecule has 2 heterocycles. The topological polar surface area (TPSA) is 173 Å². The van der Waals surface area contributed by atoms with E-state index in [2.05, 4.69) is 27.9 Å². The van der Waals surface area contributed by atoms with Crippen LogP contribution in [0.15, 0.2) is 103 Å². The second-order valence-electron chi connectivity index (χ2n) is 18.0. The minimum absolute atomic E-state index is 0.0262. The zero-order valence-corrected chi connectivity index (χ0v) is 39.6. The predicted octanol–water partition coefficient (Wildman–Crippen LogP) is 8.63. The molecule has 1 aromatic heterocycles. The summed E-state index contributed by atoms with van der Waals surface area (Å²) in [5.41, 5.74) is 9.47. The minimum Gasteiger partial charge on any atom is -0.508 e. The Balaban J connectivity index is 0.894. The Morgan fingerprint density at radius 1 is 0.818 bits per heavy atom. The first-order valence-electron chi connectivity index (χ1n) is 23.0. The van der Waals surface area contributed by atoms with Crippen LogP contribution in [0, 0.1) is 12.3 Å². The Kier molecular flexibility index (Phi) is 17.5. The fourth-order valence-electron chi connectivity index (χ4n) is 8.40. The van der Waals surface area contributed by atoms with E-state index in [1.807, 2.05) is 106 Å². The van der Waals surface area contributed by atoms with Gasteiger partial charge in [0, 0.05) is 25.9 Å². The molecule has 3 atom stereocenters. The maximum absolute atomic E-state index is 14.0. The highest BCUT2D eigenvalue weighted by Gasteiger charge is 2.43. The zero-order valence-electron chi connectivity index (χ0n) is 38.8. The van der Waals surface area contributed by atoms with Crippen LogP contribution in [-0.2, 0) is 20.9 Å². The van der Waals surface area contributed by atoms with Crippen molar-refractivity contribution in [2.75, 3.05) is 26.2 Å². The van der Waals surface area contributed by atoms with Crippen LogP contribution < -0.4 is 20.7 Å². The number of amides is 3. The molecule has 0 bridgehead atoms. The maximum Gasteiger partial charge on any atom is 0.243 e. The third kappa shape index (κ3) is 13.5. The lowest BCUT2D eigenvalue weighted by Gasteiger charge is -2.35. The monoisotopic (exact) mass is 915 g/mol. The molecular weight excluding hydrogens is 851 g/mol. The number of aliphatic hydroxyl groups is 1. The number of β-amino-alcohol motifs (C(OH)–C–C–N with tert-alkyl or cyclic N) is 1. The number of rotatable bonds is 21. The number of nitrogens with one attached hydrogen (secondary N) is 3. The van der Waals surface area contributed by atoms with Gasteiger partial charge in [-0.1, -0.05) is 101 Å². The fourth-order valence-corrected chi connectivity index (χ4v) is 9.21. The quantitative estimate of drug-likeness (QED) is 0.0311. The summed E-state index contributed by atoms with van der Waals surface area (Å²) in [6, 6.07) is 28.9. The van der Waals surface area contributed by atoms with Crippen LogP contribution in [0.5, 0.6) is 17.2 Å². The summed E-state index contributed by atoms with van der Waals surface area (Å²) < 4.78 is 5.97. The van der Waals surface area contributed by atoms with Crippen molar-refractivity contribution in [2.45, 2.75) is 104 Å². The van der Waals surface area contributed by atoms with Crippen LogP contribution in [0.1, 0.15) is 101 Å². The van der Waals surface area contributed by atoms with E-state index in [-0.39, 0.29) is 42.2 Å². The molecule has 6 rings (SSSR count). The molecule has 6 N–H and O–H groups in total. The smallest absolute Gasteiger partial charge is 0.243 e. The Hall–Kier alpha value is -6.02. The van der Waals surface area contributed by atoms with Gasteiger partial charge in [0.1, 0.15) is 29.9 Å². The molecule has 0 spiro atoms. The molecule has 0 saturated carbocycles. The first-order valence-corrected chi connectivity index (χ1v) is 23.9. The summed E-state index contributed by atoms with van der Waals surface area (Å²) in [4.78, 5) is 47.1. The van der Waals surface area contributed by atoms with Crippen molar-refractivity contribution in [3.05, 3.63) is 131 Å². The molecule has 0 aliphatic carbocycles. The number of ether oxygens (including phenoxy) is 1. The number of aliphatic hydroxyl groups excluding tert-OH is 1. The van der Waals surface area contributed by atoms with Gasteiger partial charge in [-0.2, -0.15) is 0 Å². The summed E-state index contributed by atoms with van der Waals surface area (Å²) >= 11 is 1.59. The Morgan fingerprint density at radius 2 is 1.44 bits per heavy atom. The Morgan fingerprint density at radius 3 is 2.05 bits per heavy atom. The number of hydrogen-bond donors (Lipinski definition) is 6. The summed E-state index contributed by atoms with van der Waals surface area (Å²) in [6.07, 6.45) is 3.91. The summed E-state index contributed by atoms with van der Waals surface area (Å²) in [5, 5.41) is 39.8. The number of aromatic nitrogens is 1. The molecule has 1 aliphatic heterocycles. The third-order valence-electron chi connectivity index (χ3n) is 11.9. The highest BCUT2D eigenvalue weighted by atomic mass is 32.1. The first-order chi connectivity index (χ1) is 31.7. The largest absolute Gasteiger partial charge is 0.508 e. The Labute approximate surface area is 393 Å². The molecule has 3 amide bonds. The number of likely N-dealkylation sites (tertiary alicyclic amines) is 1. The predicted molar refractivity (Wildman–Crippen MR) is 262 cm³/mol. The van der Waals surface area contributed by atoms with Gasteiger partial charge < -0.3 is 40.9 Å². The van der Waals surface area contributed by atoms with E-state index in [4.69, 9.17) is 4.74 Å². The summed E-state index contributed by atoms with van der Waals surface area (Å²) in [7, 11) is 0. The van der Waals surface area contributed by atoms with E-state index >= 15 is 0 Å². The summed E-state index contributed by atoms with van der Waals surface area (Å²) in [5.74, 6) is 0.592. The van der Waals surface area contributed by atoms with Crippen LogP contribution in [0.3, 0.4) is 0 Å². The molecule has 350 valence electrons. The van der Waals surface area contributed by atoms with E-state index in [0.29, 0.717) is 38.4 Å². The van der Waals surface area contributed by atoms with Gasteiger partial charge in [0.25, 0.3) is 0 Å². The molecule has 4 aromatic carbocycles. The van der Waals surface area contributed by atoms with E-state index in [9.17, 15) is 29.7 Å². The lowest BCUT2D eigenvalue weighted by Crippen LogP contribution is -2.56. The van der Waals surface area contributed by atoms with Crippen molar-refractivity contribution in [3.8, 4) is 27.7 Å². The zero-order chi connectivity index (χ0) is 47.2. The van der Waals surface area contributed by atoms with Gasteiger partial charge in [-0.3, -0.25) is 14.4 Å². The van der Waals surface area contributed by atoms with Gasteiger partial charge >= 0.3 is 0 Å². The minimum atomic E-state index is -0.774. The van der Waals surface area contributed by atoms with E-state index in [0.717, 1.165) is 81.6 Å². The standard InChI is InChI=1S/C53H65N5O7S/c1-6-45(37-16-22-41(59)23-17-37)48(38-18-24-42(60)25-19-38)39-20-26-44(27-21-39)65-30-29-54-47(62)11-9-7-8-10-28-55-50(53(3,4)5)52(64)58-33-43(61)31-46(58)51(63)56-32-36-12-14-40(15-13-36)49-35(2)57-34-66-49/h12-27,34,43,46,50,55,59-61H,6-11,28-33H2,1-5H3,(H,54,62)(H,56,63)/t43-,46+,50-/m1/s1. The second-order valence-corrected chi connectivity index (χ2v) is 18.9.